The van der Waals surface area contributed by atoms with Gasteiger partial charge in [0, 0.05) is 11.3 Å². The second-order valence-corrected chi connectivity index (χ2v) is 3.57. The average Bonchev–Trinajstić information content (AvgIpc) is 2.29. The fourth-order valence-electron chi connectivity index (χ4n) is 1.22. The van der Waals surface area contributed by atoms with Crippen LogP contribution in [-0.4, -0.2) is 36.0 Å². The van der Waals surface area contributed by atoms with E-state index in [1.165, 1.54) is 6.92 Å². The Balaban J connectivity index is 2.44. The Bertz CT molecular complexity index is 452. The van der Waals surface area contributed by atoms with Gasteiger partial charge in [0.2, 0.25) is 5.91 Å². The molecule has 0 bridgehead atoms. The third-order valence-electron chi connectivity index (χ3n) is 2.03. The first-order valence-corrected chi connectivity index (χ1v) is 5.19. The molecule has 0 aliphatic rings. The van der Waals surface area contributed by atoms with Gasteiger partial charge in [0.25, 0.3) is 0 Å². The topological polar surface area (TPSA) is 92.7 Å². The molecule has 18 heavy (non-hydrogen) atoms. The van der Waals surface area contributed by atoms with Crippen molar-refractivity contribution in [3.8, 4) is 0 Å². The fourth-order valence-corrected chi connectivity index (χ4v) is 1.22. The summed E-state index contributed by atoms with van der Waals surface area (Å²) in [5, 5.41) is 10.8. The molecule has 6 heteroatoms. The minimum Gasteiger partial charge on any atom is -0.480 e. The molecule has 1 aromatic rings. The van der Waals surface area contributed by atoms with E-state index in [1.54, 1.807) is 24.3 Å². The van der Waals surface area contributed by atoms with Gasteiger partial charge in [-0.3, -0.25) is 9.59 Å². The van der Waals surface area contributed by atoms with Gasteiger partial charge in [-0.25, -0.2) is 4.79 Å². The predicted molar refractivity (Wildman–Crippen MR) is 63.5 cm³/mol. The number of amides is 1. The molecular weight excluding hydrogens is 238 g/mol. The molecule has 6 nitrogen and oxygen atoms in total. The van der Waals surface area contributed by atoms with Crippen molar-refractivity contribution >= 4 is 23.3 Å². The molecule has 0 saturated heterocycles. The van der Waals surface area contributed by atoms with E-state index in [1.807, 2.05) is 0 Å². The van der Waals surface area contributed by atoms with E-state index < -0.39 is 18.5 Å². The zero-order valence-corrected chi connectivity index (χ0v) is 9.80. The van der Waals surface area contributed by atoms with Crippen LogP contribution < -0.4 is 5.32 Å². The normalized spacial score (nSPS) is 9.83. The van der Waals surface area contributed by atoms with Crippen LogP contribution in [0.1, 0.15) is 17.3 Å². The lowest BCUT2D eigenvalue weighted by Crippen LogP contribution is -2.20. The summed E-state index contributed by atoms with van der Waals surface area (Å²) in [6.45, 7) is 0.602. The van der Waals surface area contributed by atoms with Gasteiger partial charge in [0.1, 0.15) is 13.2 Å². The first-order valence-electron chi connectivity index (χ1n) is 5.19. The Morgan fingerprint density at radius 2 is 1.78 bits per heavy atom. The number of anilines is 1. The molecule has 0 fully saturated rings. The number of ketones is 1. The maximum absolute atomic E-state index is 11.3. The quantitative estimate of drug-likeness (QED) is 0.733. The van der Waals surface area contributed by atoms with Gasteiger partial charge in [-0.15, -0.1) is 0 Å². The zero-order chi connectivity index (χ0) is 13.5. The summed E-state index contributed by atoms with van der Waals surface area (Å²) in [5.41, 5.74) is 1.07. The molecule has 2 N–H and O–H groups in total. The molecule has 1 rings (SSSR count). The first kappa shape index (κ1) is 13.9. The van der Waals surface area contributed by atoms with Gasteiger partial charge in [0.05, 0.1) is 0 Å². The second kappa shape index (κ2) is 6.51. The number of carboxylic acids is 1. The Morgan fingerprint density at radius 3 is 2.28 bits per heavy atom. The highest BCUT2D eigenvalue weighted by Gasteiger charge is 2.05. The molecule has 96 valence electrons. The van der Waals surface area contributed by atoms with Crippen molar-refractivity contribution in [1.82, 2.24) is 0 Å². The lowest BCUT2D eigenvalue weighted by molar-refractivity contribution is -0.143. The number of carboxylic acid groups (broad SMARTS) is 1. The third-order valence-corrected chi connectivity index (χ3v) is 2.03. The summed E-state index contributed by atoms with van der Waals surface area (Å²) in [6.07, 6.45) is 0. The standard InChI is InChI=1S/C12H13NO5/c1-8(14)9-2-4-10(5-3-9)13-11(15)6-18-7-12(16)17/h2-5H,6-7H2,1H3,(H,13,15)(H,16,17). The van der Waals surface area contributed by atoms with Gasteiger partial charge in [-0.05, 0) is 31.2 Å². The number of hydrogen-bond donors (Lipinski definition) is 2. The van der Waals surface area contributed by atoms with Crippen molar-refractivity contribution in [1.29, 1.82) is 0 Å². The Kier molecular flexibility index (Phi) is 5.01. The lowest BCUT2D eigenvalue weighted by Gasteiger charge is -2.05. The Morgan fingerprint density at radius 1 is 1.17 bits per heavy atom. The molecule has 0 radical (unpaired) electrons. The van der Waals surface area contributed by atoms with Crippen molar-refractivity contribution in [3.05, 3.63) is 29.8 Å². The monoisotopic (exact) mass is 251 g/mol. The van der Waals surface area contributed by atoms with E-state index in [-0.39, 0.29) is 12.4 Å². The third kappa shape index (κ3) is 4.75. The number of benzene rings is 1. The molecule has 0 saturated carbocycles. The zero-order valence-electron chi connectivity index (χ0n) is 9.80. The van der Waals surface area contributed by atoms with E-state index in [0.29, 0.717) is 11.3 Å². The van der Waals surface area contributed by atoms with Crippen LogP contribution in [0.5, 0.6) is 0 Å². The van der Waals surface area contributed by atoms with Crippen molar-refractivity contribution in [2.24, 2.45) is 0 Å². The average molecular weight is 251 g/mol. The van der Waals surface area contributed by atoms with Gasteiger partial charge < -0.3 is 15.2 Å². The van der Waals surface area contributed by atoms with Crippen LogP contribution in [0.4, 0.5) is 5.69 Å². The lowest BCUT2D eigenvalue weighted by atomic mass is 10.1. The minimum absolute atomic E-state index is 0.0577. The molecular formula is C12H13NO5. The number of Topliss-reactive ketones (excluding diaryl/α,β-unsaturated/α-hetero) is 1. The minimum atomic E-state index is -1.13. The number of rotatable bonds is 6. The number of ether oxygens (including phenoxy) is 1. The first-order chi connectivity index (χ1) is 8.49. The summed E-state index contributed by atoms with van der Waals surface area (Å²) in [4.78, 5) is 32.5. The molecule has 0 atom stereocenters. The van der Waals surface area contributed by atoms with Crippen LogP contribution in [0, 0.1) is 0 Å². The van der Waals surface area contributed by atoms with E-state index >= 15 is 0 Å². The number of carbonyl (C=O) groups is 3. The maximum Gasteiger partial charge on any atom is 0.329 e. The second-order valence-electron chi connectivity index (χ2n) is 3.57. The van der Waals surface area contributed by atoms with E-state index in [0.717, 1.165) is 0 Å². The molecule has 1 aromatic carbocycles. The highest BCUT2D eigenvalue weighted by Crippen LogP contribution is 2.09. The SMILES string of the molecule is CC(=O)c1ccc(NC(=O)COCC(=O)O)cc1. The van der Waals surface area contributed by atoms with Crippen molar-refractivity contribution in [2.45, 2.75) is 6.92 Å². The van der Waals surface area contributed by atoms with Gasteiger partial charge in [0.15, 0.2) is 5.78 Å². The molecule has 0 unspecified atom stereocenters. The molecule has 0 aromatic heterocycles. The predicted octanol–water partition coefficient (Wildman–Crippen LogP) is 0.929. The van der Waals surface area contributed by atoms with Crippen LogP contribution in [0.2, 0.25) is 0 Å². The highest BCUT2D eigenvalue weighted by molar-refractivity contribution is 5.95. The molecule has 1 amide bonds. The summed E-state index contributed by atoms with van der Waals surface area (Å²) in [5.74, 6) is -1.64. The van der Waals surface area contributed by atoms with Gasteiger partial charge in [-0.1, -0.05) is 0 Å². The van der Waals surface area contributed by atoms with Crippen molar-refractivity contribution in [3.63, 3.8) is 0 Å². The van der Waals surface area contributed by atoms with E-state index in [4.69, 9.17) is 5.11 Å². The summed E-state index contributed by atoms with van der Waals surface area (Å²) in [7, 11) is 0. The van der Waals surface area contributed by atoms with Crippen LogP contribution in [0.15, 0.2) is 24.3 Å². The Labute approximate surface area is 104 Å². The van der Waals surface area contributed by atoms with Crippen LogP contribution in [-0.2, 0) is 14.3 Å². The molecule has 0 aliphatic carbocycles. The van der Waals surface area contributed by atoms with Gasteiger partial charge >= 0.3 is 5.97 Å². The molecule has 0 spiro atoms. The summed E-state index contributed by atoms with van der Waals surface area (Å²) >= 11 is 0. The van der Waals surface area contributed by atoms with Crippen LogP contribution >= 0.6 is 0 Å². The van der Waals surface area contributed by atoms with Crippen molar-refractivity contribution in [2.75, 3.05) is 18.5 Å². The van der Waals surface area contributed by atoms with Crippen LogP contribution in [0.3, 0.4) is 0 Å². The number of nitrogens with one attached hydrogen (secondary N) is 1. The number of carbonyl (C=O) groups excluding carboxylic acids is 2. The molecule has 0 heterocycles. The highest BCUT2D eigenvalue weighted by atomic mass is 16.5. The van der Waals surface area contributed by atoms with E-state index in [9.17, 15) is 14.4 Å². The smallest absolute Gasteiger partial charge is 0.329 e. The Hall–Kier alpha value is -2.21. The van der Waals surface area contributed by atoms with Crippen LogP contribution in [0.25, 0.3) is 0 Å². The summed E-state index contributed by atoms with van der Waals surface area (Å²) in [6, 6.07) is 6.36. The fraction of sp³-hybridized carbons (Fsp3) is 0.250. The molecule has 0 aliphatic heterocycles. The van der Waals surface area contributed by atoms with Crippen molar-refractivity contribution < 1.29 is 24.2 Å². The van der Waals surface area contributed by atoms with Gasteiger partial charge in [-0.2, -0.15) is 0 Å². The maximum atomic E-state index is 11.3. The number of aliphatic carboxylic acids is 1. The number of hydrogen-bond acceptors (Lipinski definition) is 4. The largest absolute Gasteiger partial charge is 0.480 e. The summed E-state index contributed by atoms with van der Waals surface area (Å²) < 4.78 is 4.63. The van der Waals surface area contributed by atoms with E-state index in [2.05, 4.69) is 10.1 Å².